The SMILES string of the molecule is Cc1cc(N2CCC(C(=O)NC(C)C)CC2)n2nc(-c3ccc(Cl)cc3)cc2n1. The summed E-state index contributed by atoms with van der Waals surface area (Å²) < 4.78 is 1.91. The van der Waals surface area contributed by atoms with Crippen molar-refractivity contribution in [2.45, 2.75) is 39.7 Å². The summed E-state index contributed by atoms with van der Waals surface area (Å²) in [5.74, 6) is 1.27. The third-order valence-electron chi connectivity index (χ3n) is 5.30. The van der Waals surface area contributed by atoms with E-state index in [2.05, 4.69) is 21.3 Å². The molecule has 7 heteroatoms. The van der Waals surface area contributed by atoms with Gasteiger partial charge in [0, 0.05) is 53.5 Å². The van der Waals surface area contributed by atoms with Crippen LogP contribution >= 0.6 is 11.6 Å². The van der Waals surface area contributed by atoms with E-state index >= 15 is 0 Å². The number of piperidine rings is 1. The normalized spacial score (nSPS) is 15.3. The lowest BCUT2D eigenvalue weighted by molar-refractivity contribution is -0.126. The zero-order valence-electron chi connectivity index (χ0n) is 17.0. The van der Waals surface area contributed by atoms with Gasteiger partial charge in [-0.1, -0.05) is 23.7 Å². The lowest BCUT2D eigenvalue weighted by atomic mass is 9.95. The summed E-state index contributed by atoms with van der Waals surface area (Å²) in [5.41, 5.74) is 3.65. The van der Waals surface area contributed by atoms with Gasteiger partial charge in [-0.2, -0.15) is 9.61 Å². The van der Waals surface area contributed by atoms with E-state index in [1.165, 1.54) is 0 Å². The highest BCUT2D eigenvalue weighted by Crippen LogP contribution is 2.27. The predicted octanol–water partition coefficient (Wildman–Crippen LogP) is 4.10. The molecule has 1 N–H and O–H groups in total. The smallest absolute Gasteiger partial charge is 0.223 e. The predicted molar refractivity (Wildman–Crippen MR) is 116 cm³/mol. The first-order valence-corrected chi connectivity index (χ1v) is 10.5. The van der Waals surface area contributed by atoms with E-state index in [1.807, 2.05) is 55.6 Å². The second-order valence-electron chi connectivity index (χ2n) is 7.99. The van der Waals surface area contributed by atoms with E-state index in [-0.39, 0.29) is 17.9 Å². The Labute approximate surface area is 175 Å². The third kappa shape index (κ3) is 4.22. The number of carbonyl (C=O) groups is 1. The van der Waals surface area contributed by atoms with Gasteiger partial charge in [-0.05, 0) is 45.7 Å². The number of nitrogens with one attached hydrogen (secondary N) is 1. The molecule has 2 aromatic heterocycles. The number of anilines is 1. The molecule has 0 radical (unpaired) electrons. The van der Waals surface area contributed by atoms with Gasteiger partial charge >= 0.3 is 0 Å². The first-order chi connectivity index (χ1) is 13.9. The van der Waals surface area contributed by atoms with Crippen molar-refractivity contribution in [3.63, 3.8) is 0 Å². The number of aromatic nitrogens is 3. The summed E-state index contributed by atoms with van der Waals surface area (Å²) in [7, 11) is 0. The van der Waals surface area contributed by atoms with Crippen LogP contribution in [0.2, 0.25) is 5.02 Å². The number of hydrogen-bond donors (Lipinski definition) is 1. The van der Waals surface area contributed by atoms with Crippen molar-refractivity contribution < 1.29 is 4.79 Å². The molecule has 1 amide bonds. The largest absolute Gasteiger partial charge is 0.356 e. The van der Waals surface area contributed by atoms with Gasteiger partial charge < -0.3 is 10.2 Å². The molecule has 0 unspecified atom stereocenters. The van der Waals surface area contributed by atoms with Crippen LogP contribution in [0.5, 0.6) is 0 Å². The highest BCUT2D eigenvalue weighted by Gasteiger charge is 2.27. The molecule has 0 bridgehead atoms. The summed E-state index contributed by atoms with van der Waals surface area (Å²) in [6.45, 7) is 7.65. The summed E-state index contributed by atoms with van der Waals surface area (Å²) in [5, 5.41) is 8.55. The Balaban J connectivity index is 1.59. The molecular formula is C22H26ClN5O. The maximum absolute atomic E-state index is 12.3. The Morgan fingerprint density at radius 3 is 2.52 bits per heavy atom. The minimum absolute atomic E-state index is 0.0781. The molecule has 3 aromatic rings. The molecule has 0 spiro atoms. The fourth-order valence-electron chi connectivity index (χ4n) is 3.84. The zero-order chi connectivity index (χ0) is 20.5. The number of aryl methyl sites for hydroxylation is 1. The van der Waals surface area contributed by atoms with Gasteiger partial charge in [-0.3, -0.25) is 4.79 Å². The molecule has 6 nitrogen and oxygen atoms in total. The van der Waals surface area contributed by atoms with Gasteiger partial charge in [0.2, 0.25) is 5.91 Å². The quantitative estimate of drug-likeness (QED) is 0.702. The van der Waals surface area contributed by atoms with Crippen LogP contribution in [0.1, 0.15) is 32.4 Å². The Morgan fingerprint density at radius 1 is 1.17 bits per heavy atom. The fourth-order valence-corrected chi connectivity index (χ4v) is 3.97. The van der Waals surface area contributed by atoms with Crippen LogP contribution in [0.3, 0.4) is 0 Å². The molecule has 0 aliphatic carbocycles. The summed E-state index contributed by atoms with van der Waals surface area (Å²) >= 11 is 6.01. The second kappa shape index (κ2) is 8.03. The highest BCUT2D eigenvalue weighted by molar-refractivity contribution is 6.30. The van der Waals surface area contributed by atoms with Crippen molar-refractivity contribution in [2.75, 3.05) is 18.0 Å². The van der Waals surface area contributed by atoms with Crippen molar-refractivity contribution in [1.29, 1.82) is 0 Å². The lowest BCUT2D eigenvalue weighted by Gasteiger charge is -2.33. The van der Waals surface area contributed by atoms with Crippen LogP contribution in [0.25, 0.3) is 16.9 Å². The van der Waals surface area contributed by atoms with Crippen LogP contribution < -0.4 is 10.2 Å². The van der Waals surface area contributed by atoms with Crippen LogP contribution in [0.15, 0.2) is 36.4 Å². The van der Waals surface area contributed by atoms with Crippen LogP contribution in [-0.4, -0.2) is 39.6 Å². The fraction of sp³-hybridized carbons (Fsp3) is 0.409. The first kappa shape index (κ1) is 19.7. The van der Waals surface area contributed by atoms with E-state index in [4.69, 9.17) is 16.7 Å². The van der Waals surface area contributed by atoms with E-state index in [0.29, 0.717) is 5.02 Å². The van der Waals surface area contributed by atoms with Gasteiger partial charge in [-0.15, -0.1) is 0 Å². The number of nitrogens with zero attached hydrogens (tertiary/aromatic N) is 4. The van der Waals surface area contributed by atoms with Crippen LogP contribution in [-0.2, 0) is 4.79 Å². The minimum Gasteiger partial charge on any atom is -0.356 e. The molecule has 4 rings (SSSR count). The Morgan fingerprint density at radius 2 is 1.86 bits per heavy atom. The van der Waals surface area contributed by atoms with Gasteiger partial charge in [0.25, 0.3) is 0 Å². The molecule has 1 fully saturated rings. The topological polar surface area (TPSA) is 62.5 Å². The van der Waals surface area contributed by atoms with E-state index in [0.717, 1.165) is 54.3 Å². The molecular weight excluding hydrogens is 386 g/mol. The van der Waals surface area contributed by atoms with Gasteiger partial charge in [0.1, 0.15) is 5.82 Å². The van der Waals surface area contributed by atoms with Crippen molar-refractivity contribution in [2.24, 2.45) is 5.92 Å². The van der Waals surface area contributed by atoms with Gasteiger partial charge in [-0.25, -0.2) is 4.98 Å². The van der Waals surface area contributed by atoms with Crippen LogP contribution in [0.4, 0.5) is 5.82 Å². The standard InChI is InChI=1S/C22H26ClN5O/c1-14(2)24-22(29)17-8-10-27(11-9-17)21-12-15(3)25-20-13-19(26-28(20)21)16-4-6-18(23)7-5-16/h4-7,12-14,17H,8-11H2,1-3H3,(H,24,29). The Kier molecular flexibility index (Phi) is 5.46. The van der Waals surface area contributed by atoms with Gasteiger partial charge in [0.05, 0.1) is 5.69 Å². The highest BCUT2D eigenvalue weighted by atomic mass is 35.5. The van der Waals surface area contributed by atoms with E-state index < -0.39 is 0 Å². The Hall–Kier alpha value is -2.60. The van der Waals surface area contributed by atoms with E-state index in [1.54, 1.807) is 0 Å². The number of rotatable bonds is 4. The second-order valence-corrected chi connectivity index (χ2v) is 8.42. The number of carbonyl (C=O) groups excluding carboxylic acids is 1. The van der Waals surface area contributed by atoms with E-state index in [9.17, 15) is 4.79 Å². The average molecular weight is 412 g/mol. The average Bonchev–Trinajstić information content (AvgIpc) is 3.11. The summed E-state index contributed by atoms with van der Waals surface area (Å²) in [6, 6.07) is 11.9. The minimum atomic E-state index is 0.0781. The number of fused-ring (bicyclic) bond motifs is 1. The molecule has 1 aliphatic heterocycles. The number of halogens is 1. The maximum Gasteiger partial charge on any atom is 0.223 e. The maximum atomic E-state index is 12.3. The molecule has 1 aromatic carbocycles. The summed E-state index contributed by atoms with van der Waals surface area (Å²) in [4.78, 5) is 19.3. The molecule has 3 heterocycles. The zero-order valence-corrected chi connectivity index (χ0v) is 17.8. The van der Waals surface area contributed by atoms with Crippen molar-refractivity contribution in [3.8, 4) is 11.3 Å². The number of hydrogen-bond acceptors (Lipinski definition) is 4. The Bertz CT molecular complexity index is 1020. The molecule has 0 atom stereocenters. The number of benzene rings is 1. The summed E-state index contributed by atoms with van der Waals surface area (Å²) in [6.07, 6.45) is 1.68. The van der Waals surface area contributed by atoms with Gasteiger partial charge in [0.15, 0.2) is 5.65 Å². The molecule has 29 heavy (non-hydrogen) atoms. The first-order valence-electron chi connectivity index (χ1n) is 10.1. The third-order valence-corrected chi connectivity index (χ3v) is 5.55. The molecule has 1 saturated heterocycles. The van der Waals surface area contributed by atoms with Crippen molar-refractivity contribution in [3.05, 3.63) is 47.1 Å². The van der Waals surface area contributed by atoms with Crippen molar-refractivity contribution in [1.82, 2.24) is 19.9 Å². The number of amides is 1. The monoisotopic (exact) mass is 411 g/mol. The molecule has 0 saturated carbocycles. The lowest BCUT2D eigenvalue weighted by Crippen LogP contribution is -2.43. The molecule has 152 valence electrons. The van der Waals surface area contributed by atoms with Crippen LogP contribution in [0, 0.1) is 12.8 Å². The van der Waals surface area contributed by atoms with Crippen molar-refractivity contribution >= 4 is 29.0 Å². The molecule has 1 aliphatic rings.